The van der Waals surface area contributed by atoms with E-state index < -0.39 is 5.79 Å². The molecule has 0 radical (unpaired) electrons. The van der Waals surface area contributed by atoms with Gasteiger partial charge in [-0.05, 0) is 27.2 Å². The lowest BCUT2D eigenvalue weighted by Crippen LogP contribution is -2.49. The summed E-state index contributed by atoms with van der Waals surface area (Å²) in [6, 6.07) is 0. The number of ether oxygens (including phenoxy) is 2. The molecule has 4 rings (SSSR count). The lowest BCUT2D eigenvalue weighted by atomic mass is 9.65. The van der Waals surface area contributed by atoms with Crippen molar-refractivity contribution in [3.05, 3.63) is 12.2 Å². The van der Waals surface area contributed by atoms with Crippen LogP contribution < -0.4 is 0 Å². The van der Waals surface area contributed by atoms with E-state index in [-0.39, 0.29) is 29.8 Å². The molecule has 1 heterocycles. The molecular formula is C13H18O3. The van der Waals surface area contributed by atoms with Crippen LogP contribution in [0.4, 0.5) is 0 Å². The molecule has 0 N–H and O–H groups in total. The number of fused-ring (bicyclic) bond motifs is 1. The van der Waals surface area contributed by atoms with Gasteiger partial charge in [-0.1, -0.05) is 12.2 Å². The molecule has 0 aromatic carbocycles. The van der Waals surface area contributed by atoms with Crippen LogP contribution >= 0.6 is 0 Å². The van der Waals surface area contributed by atoms with Crippen LogP contribution in [0.25, 0.3) is 0 Å². The molecular weight excluding hydrogens is 204 g/mol. The molecule has 3 heteroatoms. The minimum atomic E-state index is -0.496. The van der Waals surface area contributed by atoms with Crippen LogP contribution in [0.3, 0.4) is 0 Å². The van der Waals surface area contributed by atoms with E-state index in [1.807, 2.05) is 13.8 Å². The Morgan fingerprint density at radius 1 is 1.25 bits per heavy atom. The third kappa shape index (κ3) is 1.38. The first kappa shape index (κ1) is 10.5. The highest BCUT2D eigenvalue weighted by Gasteiger charge is 2.55. The van der Waals surface area contributed by atoms with E-state index in [2.05, 4.69) is 12.2 Å². The van der Waals surface area contributed by atoms with Crippen LogP contribution in [-0.4, -0.2) is 23.8 Å². The summed E-state index contributed by atoms with van der Waals surface area (Å²) >= 11 is 0. The Kier molecular flexibility index (Phi) is 2.08. The van der Waals surface area contributed by atoms with E-state index in [1.54, 1.807) is 6.92 Å². The summed E-state index contributed by atoms with van der Waals surface area (Å²) in [6.45, 7) is 5.59. The number of hydrogen-bond acceptors (Lipinski definition) is 3. The summed E-state index contributed by atoms with van der Waals surface area (Å²) in [6.07, 6.45) is 5.52. The molecule has 5 unspecified atom stereocenters. The maximum absolute atomic E-state index is 11.6. The van der Waals surface area contributed by atoms with Crippen molar-refractivity contribution in [1.29, 1.82) is 0 Å². The summed E-state index contributed by atoms with van der Waals surface area (Å²) in [5, 5.41) is 0. The van der Waals surface area contributed by atoms with Crippen LogP contribution in [-0.2, 0) is 14.3 Å². The standard InChI is InChI=1S/C13H18O3/c1-7(14)10-6-8-4-5-9(10)12-11(8)15-13(2,3)16-12/h4-5,8-12H,6H2,1-3H3. The van der Waals surface area contributed by atoms with Gasteiger partial charge in [-0.2, -0.15) is 0 Å². The molecule has 4 aliphatic rings. The van der Waals surface area contributed by atoms with Gasteiger partial charge in [-0.25, -0.2) is 0 Å². The Balaban J connectivity index is 1.92. The van der Waals surface area contributed by atoms with E-state index in [1.165, 1.54) is 0 Å². The van der Waals surface area contributed by atoms with Gasteiger partial charge < -0.3 is 9.47 Å². The second-order valence-corrected chi connectivity index (χ2v) is 5.64. The Morgan fingerprint density at radius 2 is 1.94 bits per heavy atom. The minimum Gasteiger partial charge on any atom is -0.344 e. The van der Waals surface area contributed by atoms with E-state index in [9.17, 15) is 4.79 Å². The Morgan fingerprint density at radius 3 is 2.62 bits per heavy atom. The van der Waals surface area contributed by atoms with Gasteiger partial charge in [0, 0.05) is 17.8 Å². The highest BCUT2D eigenvalue weighted by molar-refractivity contribution is 5.79. The highest BCUT2D eigenvalue weighted by atomic mass is 16.8. The normalized spacial score (nSPS) is 48.1. The average molecular weight is 222 g/mol. The quantitative estimate of drug-likeness (QED) is 0.636. The average Bonchev–Trinajstić information content (AvgIpc) is 2.54. The van der Waals surface area contributed by atoms with Crippen LogP contribution in [0, 0.1) is 17.8 Å². The Labute approximate surface area is 95.8 Å². The molecule has 16 heavy (non-hydrogen) atoms. The van der Waals surface area contributed by atoms with Crippen LogP contribution in [0.5, 0.6) is 0 Å². The summed E-state index contributed by atoms with van der Waals surface area (Å²) in [4.78, 5) is 11.6. The van der Waals surface area contributed by atoms with Crippen LogP contribution in [0.2, 0.25) is 0 Å². The first-order valence-corrected chi connectivity index (χ1v) is 6.02. The topological polar surface area (TPSA) is 35.5 Å². The van der Waals surface area contributed by atoms with E-state index in [0.717, 1.165) is 6.42 Å². The van der Waals surface area contributed by atoms with Crippen molar-refractivity contribution in [3.8, 4) is 0 Å². The number of hydrogen-bond donors (Lipinski definition) is 0. The maximum atomic E-state index is 11.6. The smallest absolute Gasteiger partial charge is 0.163 e. The molecule has 1 saturated heterocycles. The number of ketones is 1. The second kappa shape index (κ2) is 3.17. The second-order valence-electron chi connectivity index (χ2n) is 5.64. The fraction of sp³-hybridized carbons (Fsp3) is 0.769. The van der Waals surface area contributed by atoms with Crippen molar-refractivity contribution in [2.45, 2.75) is 45.2 Å². The van der Waals surface area contributed by atoms with Gasteiger partial charge in [-0.15, -0.1) is 0 Å². The predicted molar refractivity (Wildman–Crippen MR) is 58.7 cm³/mol. The number of carbonyl (C=O) groups excluding carboxylic acids is 1. The van der Waals surface area contributed by atoms with Gasteiger partial charge in [0.25, 0.3) is 0 Å². The molecule has 1 saturated carbocycles. The Bertz CT molecular complexity index is 358. The Hall–Kier alpha value is -0.670. The molecule has 3 nitrogen and oxygen atoms in total. The largest absolute Gasteiger partial charge is 0.344 e. The molecule has 3 aliphatic carbocycles. The fourth-order valence-corrected chi connectivity index (χ4v) is 3.40. The van der Waals surface area contributed by atoms with Gasteiger partial charge in [0.2, 0.25) is 0 Å². The first-order chi connectivity index (χ1) is 7.48. The van der Waals surface area contributed by atoms with E-state index >= 15 is 0 Å². The number of carbonyl (C=O) groups is 1. The summed E-state index contributed by atoms with van der Waals surface area (Å²) in [5.41, 5.74) is 0. The lowest BCUT2D eigenvalue weighted by molar-refractivity contribution is -0.149. The third-order valence-corrected chi connectivity index (χ3v) is 4.06. The van der Waals surface area contributed by atoms with Gasteiger partial charge >= 0.3 is 0 Å². The van der Waals surface area contributed by atoms with E-state index in [4.69, 9.17) is 9.47 Å². The summed E-state index contributed by atoms with van der Waals surface area (Å²) in [5.74, 6) is 0.489. The predicted octanol–water partition coefficient (Wildman–Crippen LogP) is 1.92. The van der Waals surface area contributed by atoms with Gasteiger partial charge in [0.15, 0.2) is 5.79 Å². The van der Waals surface area contributed by atoms with Crippen molar-refractivity contribution >= 4 is 5.78 Å². The molecule has 0 aromatic heterocycles. The maximum Gasteiger partial charge on any atom is 0.163 e. The molecule has 0 spiro atoms. The molecule has 88 valence electrons. The van der Waals surface area contributed by atoms with Gasteiger partial charge in [0.1, 0.15) is 5.78 Å². The molecule has 0 amide bonds. The molecule has 1 aliphatic heterocycles. The monoisotopic (exact) mass is 222 g/mol. The number of Topliss-reactive ketones (excluding diaryl/α,β-unsaturated/α-hetero) is 1. The van der Waals surface area contributed by atoms with Gasteiger partial charge in [-0.3, -0.25) is 4.79 Å². The van der Waals surface area contributed by atoms with Crippen LogP contribution in [0.15, 0.2) is 12.2 Å². The van der Waals surface area contributed by atoms with Gasteiger partial charge in [0.05, 0.1) is 12.2 Å². The number of rotatable bonds is 1. The molecule has 5 atom stereocenters. The molecule has 2 bridgehead atoms. The van der Waals surface area contributed by atoms with Crippen molar-refractivity contribution < 1.29 is 14.3 Å². The zero-order valence-electron chi connectivity index (χ0n) is 9.97. The van der Waals surface area contributed by atoms with Crippen molar-refractivity contribution in [3.63, 3.8) is 0 Å². The zero-order valence-corrected chi connectivity index (χ0v) is 9.97. The van der Waals surface area contributed by atoms with Crippen molar-refractivity contribution in [1.82, 2.24) is 0 Å². The fourth-order valence-electron chi connectivity index (χ4n) is 3.40. The first-order valence-electron chi connectivity index (χ1n) is 6.02. The molecule has 2 fully saturated rings. The zero-order chi connectivity index (χ0) is 11.5. The minimum absolute atomic E-state index is 0.0765. The van der Waals surface area contributed by atoms with E-state index in [0.29, 0.717) is 5.92 Å². The third-order valence-electron chi connectivity index (χ3n) is 4.06. The molecule has 0 aromatic rings. The lowest BCUT2D eigenvalue weighted by Gasteiger charge is -2.43. The van der Waals surface area contributed by atoms with Crippen LogP contribution in [0.1, 0.15) is 27.2 Å². The van der Waals surface area contributed by atoms with Crippen molar-refractivity contribution in [2.75, 3.05) is 0 Å². The summed E-state index contributed by atoms with van der Waals surface area (Å²) < 4.78 is 11.9. The highest BCUT2D eigenvalue weighted by Crippen LogP contribution is 2.49. The SMILES string of the molecule is CC(=O)C1CC2C=CC1C1OC(C)(C)OC21. The van der Waals surface area contributed by atoms with Crippen molar-refractivity contribution in [2.24, 2.45) is 17.8 Å². The summed E-state index contributed by atoms with van der Waals surface area (Å²) in [7, 11) is 0.